The zero-order chi connectivity index (χ0) is 19.0. The van der Waals surface area contributed by atoms with Crippen LogP contribution in [-0.4, -0.2) is 16.6 Å². The molecule has 3 heteroatoms. The second-order valence-corrected chi connectivity index (χ2v) is 7.61. The summed E-state index contributed by atoms with van der Waals surface area (Å²) in [4.78, 5) is 30.0. The lowest BCUT2D eigenvalue weighted by molar-refractivity contribution is -0.124. The molecule has 3 nitrogen and oxygen atoms in total. The average molecular weight is 347 g/mol. The molecule has 0 radical (unpaired) electrons. The molecule has 2 atom stereocenters. The van der Waals surface area contributed by atoms with Gasteiger partial charge in [-0.2, -0.15) is 0 Å². The van der Waals surface area contributed by atoms with Crippen LogP contribution in [-0.2, 0) is 9.59 Å². The number of aryl methyl sites for hydroxylation is 3. The van der Waals surface area contributed by atoms with Crippen molar-refractivity contribution in [2.24, 2.45) is 5.92 Å². The summed E-state index contributed by atoms with van der Waals surface area (Å²) in [5.41, 5.74) is 6.81. The number of Topliss-reactive ketones (excluding diaryl/α,β-unsaturated/α-hetero) is 2. The van der Waals surface area contributed by atoms with Crippen LogP contribution in [0.4, 0.5) is 0 Å². The maximum atomic E-state index is 12.9. The third kappa shape index (κ3) is 3.39. The van der Waals surface area contributed by atoms with Crippen LogP contribution in [0.1, 0.15) is 47.9 Å². The molecule has 26 heavy (non-hydrogen) atoms. The Morgan fingerprint density at radius 2 is 1.81 bits per heavy atom. The van der Waals surface area contributed by atoms with E-state index in [4.69, 9.17) is 0 Å². The molecule has 0 aliphatic heterocycles. The summed E-state index contributed by atoms with van der Waals surface area (Å²) in [6.45, 7) is 11.8. The maximum Gasteiger partial charge on any atom is 0.151 e. The molecular weight excluding hydrogens is 322 g/mol. The van der Waals surface area contributed by atoms with Gasteiger partial charge in [-0.15, -0.1) is 6.58 Å². The molecule has 1 aromatic heterocycles. The highest BCUT2D eigenvalue weighted by Crippen LogP contribution is 2.39. The molecule has 134 valence electrons. The molecule has 0 amide bonds. The fourth-order valence-electron chi connectivity index (χ4n) is 3.97. The first-order valence-electron chi connectivity index (χ1n) is 9.03. The van der Waals surface area contributed by atoms with E-state index in [0.29, 0.717) is 12.8 Å². The van der Waals surface area contributed by atoms with E-state index in [1.165, 1.54) is 0 Å². The second-order valence-electron chi connectivity index (χ2n) is 7.61. The van der Waals surface area contributed by atoms with Gasteiger partial charge in [0.05, 0.1) is 5.69 Å². The van der Waals surface area contributed by atoms with Crippen LogP contribution in [0.15, 0.2) is 42.6 Å². The van der Waals surface area contributed by atoms with E-state index in [1.54, 1.807) is 0 Å². The molecule has 0 spiro atoms. The molecule has 3 rings (SSSR count). The predicted octanol–water partition coefficient (Wildman–Crippen LogP) is 4.88. The Kier molecular flexibility index (Phi) is 4.90. The number of hydrogen-bond acceptors (Lipinski definition) is 3. The van der Waals surface area contributed by atoms with Gasteiger partial charge in [0.2, 0.25) is 0 Å². The van der Waals surface area contributed by atoms with Crippen molar-refractivity contribution in [1.82, 2.24) is 4.98 Å². The van der Waals surface area contributed by atoms with Crippen molar-refractivity contribution in [3.63, 3.8) is 0 Å². The zero-order valence-electron chi connectivity index (χ0n) is 15.9. The van der Waals surface area contributed by atoms with Gasteiger partial charge in [-0.25, -0.2) is 0 Å². The first-order valence-corrected chi connectivity index (χ1v) is 9.03. The summed E-state index contributed by atoms with van der Waals surface area (Å²) in [5, 5.41) is 0. The highest BCUT2D eigenvalue weighted by Gasteiger charge is 2.42. The van der Waals surface area contributed by atoms with Crippen molar-refractivity contribution in [3.8, 4) is 11.3 Å². The van der Waals surface area contributed by atoms with Crippen LogP contribution in [0.3, 0.4) is 0 Å². The third-order valence-electron chi connectivity index (χ3n) is 5.14. The Labute approximate surface area is 155 Å². The lowest BCUT2D eigenvalue weighted by atomic mass is 9.85. The van der Waals surface area contributed by atoms with E-state index in [1.807, 2.05) is 58.2 Å². The van der Waals surface area contributed by atoms with Crippen molar-refractivity contribution >= 4 is 11.6 Å². The molecule has 1 aliphatic carbocycles. The van der Waals surface area contributed by atoms with Crippen LogP contribution in [0, 0.1) is 26.7 Å². The van der Waals surface area contributed by atoms with Gasteiger partial charge in [0.15, 0.2) is 5.78 Å². The predicted molar refractivity (Wildman–Crippen MR) is 104 cm³/mol. The van der Waals surface area contributed by atoms with Crippen molar-refractivity contribution in [1.29, 1.82) is 0 Å². The van der Waals surface area contributed by atoms with E-state index in [9.17, 15) is 9.59 Å². The minimum Gasteiger partial charge on any atom is -0.298 e. The Bertz CT molecular complexity index is 870. The zero-order valence-corrected chi connectivity index (χ0v) is 15.9. The second kappa shape index (κ2) is 6.99. The van der Waals surface area contributed by atoms with Gasteiger partial charge in [-0.3, -0.25) is 14.6 Å². The summed E-state index contributed by atoms with van der Waals surface area (Å²) in [6, 6.07) is 8.10. The topological polar surface area (TPSA) is 47.0 Å². The number of aromatic nitrogens is 1. The molecule has 2 unspecified atom stereocenters. The number of hydrogen-bond donors (Lipinski definition) is 0. The molecule has 2 aromatic rings. The fourth-order valence-corrected chi connectivity index (χ4v) is 3.97. The van der Waals surface area contributed by atoms with Crippen LogP contribution >= 0.6 is 0 Å². The monoisotopic (exact) mass is 347 g/mol. The number of carbonyl (C=O) groups excluding carboxylic acids is 2. The van der Waals surface area contributed by atoms with Crippen molar-refractivity contribution in [2.45, 2.75) is 46.5 Å². The lowest BCUT2D eigenvalue weighted by Crippen LogP contribution is -2.18. The van der Waals surface area contributed by atoms with E-state index < -0.39 is 5.92 Å². The number of nitrogens with zero attached hydrogens (tertiary/aromatic N) is 1. The quantitative estimate of drug-likeness (QED) is 0.585. The summed E-state index contributed by atoms with van der Waals surface area (Å²) in [6.07, 6.45) is 2.78. The smallest absolute Gasteiger partial charge is 0.151 e. The molecule has 1 aromatic carbocycles. The number of allylic oxidation sites excluding steroid dienone is 1. The van der Waals surface area contributed by atoms with E-state index in [0.717, 1.165) is 39.1 Å². The van der Waals surface area contributed by atoms with Crippen LogP contribution < -0.4 is 0 Å². The summed E-state index contributed by atoms with van der Waals surface area (Å²) in [7, 11) is 0. The molecule has 1 aliphatic rings. The first kappa shape index (κ1) is 18.2. The van der Waals surface area contributed by atoms with Gasteiger partial charge in [-0.1, -0.05) is 11.6 Å². The maximum absolute atomic E-state index is 12.9. The molecule has 0 bridgehead atoms. The molecule has 1 fully saturated rings. The van der Waals surface area contributed by atoms with Crippen LogP contribution in [0.2, 0.25) is 0 Å². The summed E-state index contributed by atoms with van der Waals surface area (Å²) in [5.74, 6) is -0.763. The van der Waals surface area contributed by atoms with Crippen LogP contribution in [0.5, 0.6) is 0 Å². The van der Waals surface area contributed by atoms with E-state index >= 15 is 0 Å². The van der Waals surface area contributed by atoms with Gasteiger partial charge in [0.25, 0.3) is 0 Å². The van der Waals surface area contributed by atoms with Gasteiger partial charge < -0.3 is 0 Å². The lowest BCUT2D eigenvalue weighted by Gasteiger charge is -2.17. The first-order chi connectivity index (χ1) is 12.3. The highest BCUT2D eigenvalue weighted by atomic mass is 16.2. The number of carbonyl (C=O) groups is 2. The van der Waals surface area contributed by atoms with E-state index in [-0.39, 0.29) is 17.5 Å². The Hall–Kier alpha value is -2.55. The highest BCUT2D eigenvalue weighted by molar-refractivity contribution is 6.15. The minimum absolute atomic E-state index is 0.0358. The Morgan fingerprint density at radius 1 is 1.15 bits per heavy atom. The Morgan fingerprint density at radius 3 is 2.35 bits per heavy atom. The Balaban J connectivity index is 1.99. The fraction of sp³-hybridized carbons (Fsp3) is 0.348. The number of benzene rings is 1. The minimum atomic E-state index is -0.626. The number of rotatable bonds is 4. The molecule has 0 N–H and O–H groups in total. The third-order valence-corrected chi connectivity index (χ3v) is 5.14. The molecule has 1 heterocycles. The van der Waals surface area contributed by atoms with Crippen LogP contribution in [0.25, 0.3) is 11.3 Å². The van der Waals surface area contributed by atoms with Crippen molar-refractivity contribution in [3.05, 3.63) is 64.9 Å². The van der Waals surface area contributed by atoms with E-state index in [2.05, 4.69) is 11.6 Å². The van der Waals surface area contributed by atoms with Gasteiger partial charge >= 0.3 is 0 Å². The standard InChI is InChI=1S/C23H25NO2/c1-13(2)8-18-11-20(25)22(23(18)26)21-15(4)9-17(10-16(21)5)19-7-6-14(3)12-24-19/h6-7,9-10,12,18,22H,1,8,11H2,2-5H3. The summed E-state index contributed by atoms with van der Waals surface area (Å²) >= 11 is 0. The largest absolute Gasteiger partial charge is 0.298 e. The van der Waals surface area contributed by atoms with Gasteiger partial charge in [0, 0.05) is 24.1 Å². The molecule has 0 saturated heterocycles. The SMILES string of the molecule is C=C(C)CC1CC(=O)C(c2c(C)cc(-c3ccc(C)cn3)cc2C)C1=O. The number of pyridine rings is 1. The number of ketones is 2. The van der Waals surface area contributed by atoms with Gasteiger partial charge in [-0.05, 0) is 74.6 Å². The van der Waals surface area contributed by atoms with Crippen molar-refractivity contribution in [2.75, 3.05) is 0 Å². The molecule has 1 saturated carbocycles. The molecular formula is C23H25NO2. The van der Waals surface area contributed by atoms with Gasteiger partial charge in [0.1, 0.15) is 11.7 Å². The summed E-state index contributed by atoms with van der Waals surface area (Å²) < 4.78 is 0. The average Bonchev–Trinajstić information content (AvgIpc) is 2.82. The normalized spacial score (nSPS) is 19.8. The van der Waals surface area contributed by atoms with Crippen molar-refractivity contribution < 1.29 is 9.59 Å².